The molecule has 1 aliphatic rings. The fourth-order valence-electron chi connectivity index (χ4n) is 5.48. The fraction of sp³-hybridized carbons (Fsp3) is 0.323. The van der Waals surface area contributed by atoms with Gasteiger partial charge in [-0.25, -0.2) is 22.6 Å². The van der Waals surface area contributed by atoms with Gasteiger partial charge in [0.15, 0.2) is 0 Å². The molecule has 5 rings (SSSR count). The van der Waals surface area contributed by atoms with Crippen LogP contribution in [0.25, 0.3) is 22.9 Å². The third-order valence-electron chi connectivity index (χ3n) is 7.93. The van der Waals surface area contributed by atoms with E-state index in [-0.39, 0.29) is 11.7 Å². The molecule has 1 aliphatic heterocycles. The van der Waals surface area contributed by atoms with E-state index in [1.165, 1.54) is 28.5 Å². The Balaban J connectivity index is 1.44. The van der Waals surface area contributed by atoms with Gasteiger partial charge in [0.05, 0.1) is 35.8 Å². The van der Waals surface area contributed by atoms with Crippen LogP contribution in [0.5, 0.6) is 0 Å². The first-order valence-corrected chi connectivity index (χ1v) is 17.1. The summed E-state index contributed by atoms with van der Waals surface area (Å²) in [5.74, 6) is -0.543. The van der Waals surface area contributed by atoms with Crippen molar-refractivity contribution in [2.45, 2.75) is 32.2 Å². The van der Waals surface area contributed by atoms with Gasteiger partial charge in [0.1, 0.15) is 6.33 Å². The lowest BCUT2D eigenvalue weighted by Crippen LogP contribution is -2.42. The second kappa shape index (κ2) is 15.3. The average molecular weight is 696 g/mol. The number of carbonyl (C=O) groups excluding carboxylic acids is 2. The van der Waals surface area contributed by atoms with Gasteiger partial charge >= 0.3 is 6.09 Å². The molecule has 3 heterocycles. The van der Waals surface area contributed by atoms with E-state index in [2.05, 4.69) is 41.1 Å². The molecule has 1 saturated heterocycles. The van der Waals surface area contributed by atoms with Crippen LogP contribution < -0.4 is 16.2 Å². The number of aromatic amines is 1. The number of H-pyrrole nitrogens is 1. The Morgan fingerprint density at radius 2 is 1.98 bits per heavy atom. The number of piperidine rings is 1. The normalized spacial score (nSPS) is 16.0. The number of rotatable bonds is 11. The van der Waals surface area contributed by atoms with Crippen molar-refractivity contribution < 1.29 is 22.7 Å². The van der Waals surface area contributed by atoms with Gasteiger partial charge in [-0.3, -0.25) is 14.9 Å². The van der Waals surface area contributed by atoms with Crippen LogP contribution >= 0.6 is 11.6 Å². The molecular formula is C31H34ClN9O6S. The van der Waals surface area contributed by atoms with E-state index in [9.17, 15) is 22.8 Å². The van der Waals surface area contributed by atoms with Gasteiger partial charge in [-0.1, -0.05) is 23.7 Å². The maximum Gasteiger partial charge on any atom is 0.411 e. The van der Waals surface area contributed by atoms with Crippen LogP contribution in [-0.4, -0.2) is 81.1 Å². The summed E-state index contributed by atoms with van der Waals surface area (Å²) in [7, 11) is -2.14. The van der Waals surface area contributed by atoms with Gasteiger partial charge < -0.3 is 10.1 Å². The van der Waals surface area contributed by atoms with Crippen molar-refractivity contribution in [2.24, 2.45) is 5.92 Å². The van der Waals surface area contributed by atoms with Crippen molar-refractivity contribution >= 4 is 45.4 Å². The van der Waals surface area contributed by atoms with E-state index in [0.717, 1.165) is 6.42 Å². The van der Waals surface area contributed by atoms with E-state index in [1.54, 1.807) is 61.5 Å². The summed E-state index contributed by atoms with van der Waals surface area (Å²) in [4.78, 5) is 37.9. The third-order valence-corrected chi connectivity index (χ3v) is 10.0. The van der Waals surface area contributed by atoms with Crippen molar-refractivity contribution in [1.29, 1.82) is 0 Å². The molecular weight excluding hydrogens is 662 g/mol. The molecule has 0 bridgehead atoms. The highest BCUT2D eigenvalue weighted by Gasteiger charge is 2.30. The quantitative estimate of drug-likeness (QED) is 0.195. The number of anilines is 1. The third kappa shape index (κ3) is 8.50. The molecule has 0 aliphatic carbocycles. The Labute approximate surface area is 281 Å². The van der Waals surface area contributed by atoms with E-state index in [1.807, 2.05) is 0 Å². The smallest absolute Gasteiger partial charge is 0.411 e. The first-order chi connectivity index (χ1) is 23.1. The van der Waals surface area contributed by atoms with Crippen LogP contribution in [0.1, 0.15) is 43.5 Å². The molecule has 3 N–H and O–H groups in total. The van der Waals surface area contributed by atoms with Gasteiger partial charge in [0.2, 0.25) is 15.9 Å². The van der Waals surface area contributed by atoms with Crippen LogP contribution in [0, 0.1) is 5.92 Å². The van der Waals surface area contributed by atoms with E-state index < -0.39 is 33.6 Å². The molecule has 2 atom stereocenters. The number of hydrogen-bond donors (Lipinski definition) is 3. The lowest BCUT2D eigenvalue weighted by molar-refractivity contribution is -0.117. The summed E-state index contributed by atoms with van der Waals surface area (Å²) in [5, 5.41) is 24.1. The number of tetrazole rings is 1. The molecule has 252 valence electrons. The predicted molar refractivity (Wildman–Crippen MR) is 179 cm³/mol. The zero-order chi connectivity index (χ0) is 34.3. The maximum atomic E-state index is 13.4. The minimum atomic E-state index is -3.39. The van der Waals surface area contributed by atoms with E-state index in [0.29, 0.717) is 64.7 Å². The lowest BCUT2D eigenvalue weighted by atomic mass is 9.90. The highest BCUT2D eigenvalue weighted by Crippen LogP contribution is 2.30. The number of aromatic nitrogens is 6. The van der Waals surface area contributed by atoms with Crippen LogP contribution in [0.4, 0.5) is 10.5 Å². The summed E-state index contributed by atoms with van der Waals surface area (Å²) in [6, 6.07) is 12.6. The summed E-state index contributed by atoms with van der Waals surface area (Å²) in [5.41, 5.74) is 2.44. The number of carbonyl (C=O) groups is 2. The minimum Gasteiger partial charge on any atom is -0.453 e. The minimum absolute atomic E-state index is 0.000394. The molecule has 4 aromatic rings. The number of halogens is 1. The zero-order valence-electron chi connectivity index (χ0n) is 26.2. The Morgan fingerprint density at radius 1 is 1.19 bits per heavy atom. The number of nitrogens with zero attached hydrogens (tertiary/aromatic N) is 6. The highest BCUT2D eigenvalue weighted by molar-refractivity contribution is 7.89. The largest absolute Gasteiger partial charge is 0.453 e. The molecule has 48 heavy (non-hydrogen) atoms. The molecule has 2 aromatic carbocycles. The van der Waals surface area contributed by atoms with Crippen LogP contribution in [-0.2, 0) is 19.6 Å². The lowest BCUT2D eigenvalue weighted by Gasteiger charge is -2.33. The molecule has 1 unspecified atom stereocenters. The molecule has 2 aromatic heterocycles. The van der Waals surface area contributed by atoms with Gasteiger partial charge in [-0.15, -0.1) is 5.10 Å². The summed E-state index contributed by atoms with van der Waals surface area (Å²) >= 11 is 6.23. The number of amides is 2. The Morgan fingerprint density at radius 3 is 2.69 bits per heavy atom. The highest BCUT2D eigenvalue weighted by atomic mass is 35.5. The first-order valence-electron chi connectivity index (χ1n) is 15.1. The molecule has 2 amide bonds. The Hall–Kier alpha value is -4.93. The Bertz CT molecular complexity index is 1950. The number of nitrogens with one attached hydrogen (secondary N) is 3. The number of methoxy groups -OCH3 is 1. The van der Waals surface area contributed by atoms with Crippen LogP contribution in [0.2, 0.25) is 5.02 Å². The van der Waals surface area contributed by atoms with Gasteiger partial charge in [-0.2, -0.15) is 9.78 Å². The average Bonchev–Trinajstić information content (AvgIpc) is 3.63. The second-order valence-corrected chi connectivity index (χ2v) is 13.8. The Kier molecular flexibility index (Phi) is 11.0. The molecule has 0 spiro atoms. The van der Waals surface area contributed by atoms with Crippen LogP contribution in [0.15, 0.2) is 65.7 Å². The zero-order valence-corrected chi connectivity index (χ0v) is 27.7. The van der Waals surface area contributed by atoms with Crippen molar-refractivity contribution in [3.8, 4) is 16.8 Å². The van der Waals surface area contributed by atoms with Crippen molar-refractivity contribution in [1.82, 2.24) is 40.0 Å². The maximum absolute atomic E-state index is 13.4. The number of ether oxygens (including phenoxy) is 1. The summed E-state index contributed by atoms with van der Waals surface area (Å²) in [6.07, 6.45) is 5.52. The standard InChI is InChI=1S/C31H34ClN9O6S/c1-3-48(45,46)40-14-4-5-20(18-40)15-26(35-29(42)13-8-22-16-23(32)9-12-28(22)41-19-33-38-39-41)27-17-25(30(43)37-36-27)21-6-10-24(11-7-21)34-31(44)47-2/h6-13,16-17,19-20,26H,3-5,14-15,18H2,1-2H3,(H,34,44)(H,35,42)(H,37,43)/b13-8+/t20-,26?/m0/s1. The molecule has 1 fully saturated rings. The predicted octanol–water partition coefficient (Wildman–Crippen LogP) is 3.57. The van der Waals surface area contributed by atoms with Gasteiger partial charge in [-0.05, 0) is 90.6 Å². The number of sulfonamides is 1. The molecule has 0 saturated carbocycles. The second-order valence-electron chi connectivity index (χ2n) is 11.1. The van der Waals surface area contributed by atoms with E-state index >= 15 is 0 Å². The summed E-state index contributed by atoms with van der Waals surface area (Å²) < 4.78 is 32.9. The molecule has 17 heteroatoms. The van der Waals surface area contributed by atoms with Crippen molar-refractivity contribution in [3.05, 3.63) is 87.6 Å². The van der Waals surface area contributed by atoms with Crippen molar-refractivity contribution in [2.75, 3.05) is 31.3 Å². The SMILES string of the molecule is CCS(=O)(=O)N1CCC[C@@H](CC(NC(=O)/C=C/c2cc(Cl)ccc2-n2cnnn2)c2cc(-c3ccc(NC(=O)OC)cc3)c(=O)[nH]n2)C1. The molecule has 0 radical (unpaired) electrons. The van der Waals surface area contributed by atoms with E-state index in [4.69, 9.17) is 11.6 Å². The summed E-state index contributed by atoms with van der Waals surface area (Å²) in [6.45, 7) is 2.36. The first kappa shape index (κ1) is 34.4. The number of benzene rings is 2. The number of hydrogen-bond acceptors (Lipinski definition) is 10. The topological polar surface area (TPSA) is 194 Å². The van der Waals surface area contributed by atoms with Crippen molar-refractivity contribution in [3.63, 3.8) is 0 Å². The molecule has 15 nitrogen and oxygen atoms in total. The van der Waals surface area contributed by atoms with Gasteiger partial charge in [0.25, 0.3) is 5.56 Å². The fourth-order valence-corrected chi connectivity index (χ4v) is 6.87. The monoisotopic (exact) mass is 695 g/mol. The van der Waals surface area contributed by atoms with Crippen LogP contribution in [0.3, 0.4) is 0 Å². The van der Waals surface area contributed by atoms with Gasteiger partial charge in [0, 0.05) is 35.4 Å².